The molecule has 0 radical (unpaired) electrons. The number of hydrogen-bond acceptors (Lipinski definition) is 5. The first-order chi connectivity index (χ1) is 13.6. The molecule has 2 aliphatic heterocycles. The minimum absolute atomic E-state index is 0.0672. The molecule has 1 saturated heterocycles. The number of carbonyl (C=O) groups is 1. The fraction of sp³-hybridized carbons (Fsp3) is 0.381. The van der Waals surface area contributed by atoms with E-state index in [9.17, 15) is 14.9 Å². The van der Waals surface area contributed by atoms with Crippen LogP contribution in [0.4, 0.5) is 17.1 Å². The Morgan fingerprint density at radius 2 is 1.93 bits per heavy atom. The number of aryl methyl sites for hydroxylation is 2. The Labute approximate surface area is 163 Å². The SMILES string of the molecule is Cc1cccc2c1N(C(=O)c1cc([N+](=O)[O-])ccc1N1CCOCC1)CCC2. The highest BCUT2D eigenvalue weighted by Gasteiger charge is 2.29. The van der Waals surface area contributed by atoms with Gasteiger partial charge in [-0.2, -0.15) is 0 Å². The van der Waals surface area contributed by atoms with Crippen LogP contribution in [0.25, 0.3) is 0 Å². The number of hydrogen-bond donors (Lipinski definition) is 0. The van der Waals surface area contributed by atoms with Crippen molar-refractivity contribution in [2.75, 3.05) is 42.6 Å². The third-order valence-electron chi connectivity index (χ3n) is 5.44. The van der Waals surface area contributed by atoms with E-state index in [1.54, 1.807) is 11.0 Å². The fourth-order valence-corrected chi connectivity index (χ4v) is 4.08. The molecule has 1 fully saturated rings. The number of rotatable bonds is 3. The molecule has 0 atom stereocenters. The van der Waals surface area contributed by atoms with Crippen LogP contribution >= 0.6 is 0 Å². The van der Waals surface area contributed by atoms with Gasteiger partial charge in [0, 0.05) is 31.8 Å². The summed E-state index contributed by atoms with van der Waals surface area (Å²) in [6.45, 7) is 5.09. The first kappa shape index (κ1) is 18.4. The van der Waals surface area contributed by atoms with Crippen molar-refractivity contribution < 1.29 is 14.5 Å². The number of benzene rings is 2. The van der Waals surface area contributed by atoms with Gasteiger partial charge in [-0.15, -0.1) is 0 Å². The van der Waals surface area contributed by atoms with Crippen molar-refractivity contribution in [3.05, 3.63) is 63.2 Å². The van der Waals surface area contributed by atoms with Gasteiger partial charge in [-0.25, -0.2) is 0 Å². The molecule has 0 saturated carbocycles. The molecule has 2 heterocycles. The molecular weight excluding hydrogens is 358 g/mol. The quantitative estimate of drug-likeness (QED) is 0.602. The van der Waals surface area contributed by atoms with Crippen LogP contribution in [0.5, 0.6) is 0 Å². The molecule has 28 heavy (non-hydrogen) atoms. The van der Waals surface area contributed by atoms with Gasteiger partial charge in [0.25, 0.3) is 11.6 Å². The highest BCUT2D eigenvalue weighted by molar-refractivity contribution is 6.11. The number of nitro benzene ring substituents is 1. The monoisotopic (exact) mass is 381 g/mol. The third-order valence-corrected chi connectivity index (χ3v) is 5.44. The molecule has 2 aromatic carbocycles. The van der Waals surface area contributed by atoms with E-state index < -0.39 is 4.92 Å². The van der Waals surface area contributed by atoms with E-state index in [1.807, 2.05) is 19.1 Å². The van der Waals surface area contributed by atoms with Crippen molar-refractivity contribution in [3.8, 4) is 0 Å². The van der Waals surface area contributed by atoms with Crippen LogP contribution in [0, 0.1) is 17.0 Å². The molecular formula is C21H23N3O4. The molecule has 0 aliphatic carbocycles. The first-order valence-corrected chi connectivity index (χ1v) is 9.58. The molecule has 0 bridgehead atoms. The Bertz CT molecular complexity index is 922. The number of para-hydroxylation sites is 1. The lowest BCUT2D eigenvalue weighted by Crippen LogP contribution is -2.40. The van der Waals surface area contributed by atoms with Gasteiger partial charge in [0.15, 0.2) is 0 Å². The summed E-state index contributed by atoms with van der Waals surface area (Å²) in [6.07, 6.45) is 1.82. The van der Waals surface area contributed by atoms with E-state index in [2.05, 4.69) is 11.0 Å². The molecule has 0 N–H and O–H groups in total. The zero-order valence-electron chi connectivity index (χ0n) is 15.9. The Morgan fingerprint density at radius 3 is 2.68 bits per heavy atom. The highest BCUT2D eigenvalue weighted by Crippen LogP contribution is 2.34. The van der Waals surface area contributed by atoms with Gasteiger partial charge in [-0.3, -0.25) is 14.9 Å². The number of anilines is 2. The van der Waals surface area contributed by atoms with Crippen LogP contribution in [-0.2, 0) is 11.2 Å². The summed E-state index contributed by atoms with van der Waals surface area (Å²) >= 11 is 0. The number of morpholine rings is 1. The lowest BCUT2D eigenvalue weighted by Gasteiger charge is -2.34. The highest BCUT2D eigenvalue weighted by atomic mass is 16.6. The average Bonchev–Trinajstić information content (AvgIpc) is 2.73. The van der Waals surface area contributed by atoms with Crippen LogP contribution < -0.4 is 9.80 Å². The summed E-state index contributed by atoms with van der Waals surface area (Å²) in [7, 11) is 0. The number of nitrogens with zero attached hydrogens (tertiary/aromatic N) is 3. The maximum atomic E-state index is 13.6. The van der Waals surface area contributed by atoms with Gasteiger partial charge < -0.3 is 14.5 Å². The molecule has 7 nitrogen and oxygen atoms in total. The maximum absolute atomic E-state index is 13.6. The summed E-state index contributed by atoms with van der Waals surface area (Å²) in [5.74, 6) is -0.180. The molecule has 2 aliphatic rings. The number of amides is 1. The molecule has 2 aromatic rings. The summed E-state index contributed by atoms with van der Waals surface area (Å²) in [5.41, 5.74) is 4.19. The average molecular weight is 381 g/mol. The van der Waals surface area contributed by atoms with Gasteiger partial charge in [-0.1, -0.05) is 18.2 Å². The second-order valence-corrected chi connectivity index (χ2v) is 7.20. The molecule has 0 aromatic heterocycles. The topological polar surface area (TPSA) is 75.9 Å². The molecule has 0 spiro atoms. The summed E-state index contributed by atoms with van der Waals surface area (Å²) in [6, 6.07) is 10.6. The van der Waals surface area contributed by atoms with E-state index in [-0.39, 0.29) is 11.6 Å². The fourth-order valence-electron chi connectivity index (χ4n) is 4.08. The van der Waals surface area contributed by atoms with Gasteiger partial charge in [0.05, 0.1) is 35.1 Å². The van der Waals surface area contributed by atoms with Crippen LogP contribution in [-0.4, -0.2) is 43.7 Å². The van der Waals surface area contributed by atoms with E-state index in [0.29, 0.717) is 38.4 Å². The summed E-state index contributed by atoms with van der Waals surface area (Å²) in [5, 5.41) is 11.3. The number of ether oxygens (including phenoxy) is 1. The lowest BCUT2D eigenvalue weighted by molar-refractivity contribution is -0.384. The predicted octanol–water partition coefficient (Wildman–Crippen LogP) is 3.33. The molecule has 0 unspecified atom stereocenters. The smallest absolute Gasteiger partial charge is 0.270 e. The molecule has 4 rings (SSSR count). The summed E-state index contributed by atoms with van der Waals surface area (Å²) < 4.78 is 5.42. The van der Waals surface area contributed by atoms with Crippen molar-refractivity contribution in [3.63, 3.8) is 0 Å². The Kier molecular flexibility index (Phi) is 5.00. The minimum atomic E-state index is -0.449. The molecule has 7 heteroatoms. The van der Waals surface area contributed by atoms with Crippen molar-refractivity contribution in [2.24, 2.45) is 0 Å². The van der Waals surface area contributed by atoms with Gasteiger partial charge in [-0.05, 0) is 37.0 Å². The van der Waals surface area contributed by atoms with Gasteiger partial charge in [0.2, 0.25) is 0 Å². The number of fused-ring (bicyclic) bond motifs is 1. The van der Waals surface area contributed by atoms with Crippen molar-refractivity contribution >= 4 is 23.0 Å². The first-order valence-electron chi connectivity index (χ1n) is 9.58. The van der Waals surface area contributed by atoms with Crippen LogP contribution in [0.15, 0.2) is 36.4 Å². The number of carbonyl (C=O) groups excluding carboxylic acids is 1. The predicted molar refractivity (Wildman–Crippen MR) is 107 cm³/mol. The lowest BCUT2D eigenvalue weighted by atomic mass is 9.97. The van der Waals surface area contributed by atoms with Crippen LogP contribution in [0.3, 0.4) is 0 Å². The van der Waals surface area contributed by atoms with Gasteiger partial charge >= 0.3 is 0 Å². The molecule has 146 valence electrons. The Hall–Kier alpha value is -2.93. The Morgan fingerprint density at radius 1 is 1.14 bits per heavy atom. The van der Waals surface area contributed by atoms with E-state index in [1.165, 1.54) is 12.1 Å². The van der Waals surface area contributed by atoms with Crippen molar-refractivity contribution in [2.45, 2.75) is 19.8 Å². The second-order valence-electron chi connectivity index (χ2n) is 7.20. The number of non-ortho nitro benzene ring substituents is 1. The zero-order chi connectivity index (χ0) is 19.7. The maximum Gasteiger partial charge on any atom is 0.270 e. The van der Waals surface area contributed by atoms with Gasteiger partial charge in [0.1, 0.15) is 0 Å². The van der Waals surface area contributed by atoms with Crippen LogP contribution in [0.1, 0.15) is 27.9 Å². The molecule has 1 amide bonds. The van der Waals surface area contributed by atoms with E-state index in [0.717, 1.165) is 35.3 Å². The van der Waals surface area contributed by atoms with Crippen molar-refractivity contribution in [1.29, 1.82) is 0 Å². The second kappa shape index (κ2) is 7.59. The number of nitro groups is 1. The standard InChI is InChI=1S/C21H23N3O4/c1-15-4-2-5-16-6-3-9-23(20(15)16)21(25)18-14-17(24(26)27)7-8-19(18)22-10-12-28-13-11-22/h2,4-5,7-8,14H,3,6,9-13H2,1H3. The van der Waals surface area contributed by atoms with Crippen LogP contribution in [0.2, 0.25) is 0 Å². The van der Waals surface area contributed by atoms with Crippen molar-refractivity contribution in [1.82, 2.24) is 0 Å². The van der Waals surface area contributed by atoms with E-state index >= 15 is 0 Å². The Balaban J connectivity index is 1.78. The van der Waals surface area contributed by atoms with E-state index in [4.69, 9.17) is 4.74 Å². The largest absolute Gasteiger partial charge is 0.378 e. The minimum Gasteiger partial charge on any atom is -0.378 e. The third kappa shape index (κ3) is 3.33. The summed E-state index contributed by atoms with van der Waals surface area (Å²) in [4.78, 5) is 28.3. The normalized spacial score (nSPS) is 16.6. The zero-order valence-corrected chi connectivity index (χ0v) is 15.9.